The van der Waals surface area contributed by atoms with Gasteiger partial charge < -0.3 is 18.9 Å². The van der Waals surface area contributed by atoms with E-state index in [-0.39, 0.29) is 13.2 Å². The van der Waals surface area contributed by atoms with Crippen LogP contribution in [0.1, 0.15) is 31.1 Å². The van der Waals surface area contributed by atoms with E-state index in [0.717, 1.165) is 5.56 Å². The fourth-order valence-electron chi connectivity index (χ4n) is 2.50. The molecule has 0 bridgehead atoms. The molecule has 0 saturated heterocycles. The van der Waals surface area contributed by atoms with E-state index in [0.29, 0.717) is 23.7 Å². The quantitative estimate of drug-likeness (QED) is 0.620. The molecule has 0 heterocycles. The van der Waals surface area contributed by atoms with E-state index in [1.807, 2.05) is 30.3 Å². The number of hydrogen-bond donors (Lipinski definition) is 2. The second-order valence-electron chi connectivity index (χ2n) is 5.85. The predicted molar refractivity (Wildman–Crippen MR) is 107 cm³/mol. The van der Waals surface area contributed by atoms with Crippen LogP contribution >= 0.6 is 0 Å². The van der Waals surface area contributed by atoms with E-state index < -0.39 is 18.4 Å². The smallest absolute Gasteiger partial charge is 0.409 e. The van der Waals surface area contributed by atoms with Gasteiger partial charge in [-0.25, -0.2) is 9.59 Å². The van der Waals surface area contributed by atoms with Crippen LogP contribution in [0.5, 0.6) is 11.5 Å². The first-order valence-corrected chi connectivity index (χ1v) is 9.28. The Kier molecular flexibility index (Phi) is 8.62. The van der Waals surface area contributed by atoms with Crippen molar-refractivity contribution in [2.75, 3.05) is 20.3 Å². The molecule has 2 rings (SSSR count). The third kappa shape index (κ3) is 6.91. The van der Waals surface area contributed by atoms with Crippen LogP contribution in [0, 0.1) is 0 Å². The number of hydrogen-bond acceptors (Lipinski definition) is 6. The molecule has 0 unspecified atom stereocenters. The lowest BCUT2D eigenvalue weighted by Gasteiger charge is -2.21. The number of benzene rings is 2. The zero-order valence-corrected chi connectivity index (χ0v) is 16.8. The number of carbonyl (C=O) groups excluding carboxylic acids is 2. The SMILES string of the molecule is CCOC(=O)NC(NC(=O)OCC)c1ccc(OC)c(OCc2ccccc2)c1. The third-order valence-electron chi connectivity index (χ3n) is 3.83. The Bertz CT molecular complexity index is 777. The molecule has 8 heteroatoms. The summed E-state index contributed by atoms with van der Waals surface area (Å²) in [5.74, 6) is 0.992. The molecule has 2 aromatic rings. The van der Waals surface area contributed by atoms with E-state index in [1.165, 1.54) is 7.11 Å². The van der Waals surface area contributed by atoms with Crippen LogP contribution in [0.3, 0.4) is 0 Å². The number of alkyl carbamates (subject to hydrolysis) is 2. The monoisotopic (exact) mass is 402 g/mol. The molecular formula is C21H26N2O6. The number of ether oxygens (including phenoxy) is 4. The molecule has 0 fully saturated rings. The summed E-state index contributed by atoms with van der Waals surface area (Å²) in [6, 6.07) is 14.8. The summed E-state index contributed by atoms with van der Waals surface area (Å²) in [5.41, 5.74) is 1.56. The zero-order chi connectivity index (χ0) is 21.1. The van der Waals surface area contributed by atoms with Crippen molar-refractivity contribution in [3.63, 3.8) is 0 Å². The number of amides is 2. The largest absolute Gasteiger partial charge is 0.493 e. The molecule has 2 amide bonds. The number of nitrogens with one attached hydrogen (secondary N) is 2. The highest BCUT2D eigenvalue weighted by atomic mass is 16.6. The molecule has 156 valence electrons. The average Bonchev–Trinajstić information content (AvgIpc) is 2.72. The normalized spacial score (nSPS) is 10.2. The summed E-state index contributed by atoms with van der Waals surface area (Å²) in [5, 5.41) is 5.19. The molecule has 0 aliphatic carbocycles. The summed E-state index contributed by atoms with van der Waals surface area (Å²) in [7, 11) is 1.54. The van der Waals surface area contributed by atoms with Gasteiger partial charge in [-0.1, -0.05) is 36.4 Å². The summed E-state index contributed by atoms with van der Waals surface area (Å²) in [6.07, 6.45) is -2.22. The molecule has 2 N–H and O–H groups in total. The van der Waals surface area contributed by atoms with Gasteiger partial charge in [-0.2, -0.15) is 0 Å². The number of carbonyl (C=O) groups is 2. The Morgan fingerprint density at radius 1 is 0.897 bits per heavy atom. The summed E-state index contributed by atoms with van der Waals surface area (Å²) in [4.78, 5) is 23.8. The predicted octanol–water partition coefficient (Wildman–Crippen LogP) is 3.77. The molecule has 8 nitrogen and oxygen atoms in total. The van der Waals surface area contributed by atoms with Crippen LogP contribution in [-0.2, 0) is 16.1 Å². The first kappa shape index (κ1) is 21.9. The minimum absolute atomic E-state index is 0.200. The molecule has 0 aliphatic rings. The van der Waals surface area contributed by atoms with E-state index in [2.05, 4.69) is 10.6 Å². The van der Waals surface area contributed by atoms with Crippen molar-refractivity contribution in [2.24, 2.45) is 0 Å². The molecule has 0 aromatic heterocycles. The van der Waals surface area contributed by atoms with Crippen molar-refractivity contribution >= 4 is 12.2 Å². The van der Waals surface area contributed by atoms with Crippen molar-refractivity contribution < 1.29 is 28.5 Å². The van der Waals surface area contributed by atoms with Gasteiger partial charge in [0.25, 0.3) is 0 Å². The Hall–Kier alpha value is -3.42. The number of rotatable bonds is 9. The van der Waals surface area contributed by atoms with Gasteiger partial charge in [0.1, 0.15) is 12.8 Å². The Labute approximate surface area is 170 Å². The van der Waals surface area contributed by atoms with E-state index in [9.17, 15) is 9.59 Å². The third-order valence-corrected chi connectivity index (χ3v) is 3.83. The van der Waals surface area contributed by atoms with Gasteiger partial charge in [0.15, 0.2) is 11.5 Å². The zero-order valence-electron chi connectivity index (χ0n) is 16.8. The van der Waals surface area contributed by atoms with Gasteiger partial charge in [-0.3, -0.25) is 10.6 Å². The van der Waals surface area contributed by atoms with Crippen molar-refractivity contribution in [1.29, 1.82) is 0 Å². The molecule has 29 heavy (non-hydrogen) atoms. The van der Waals surface area contributed by atoms with Crippen molar-refractivity contribution in [1.82, 2.24) is 10.6 Å². The van der Waals surface area contributed by atoms with Crippen LogP contribution in [0.2, 0.25) is 0 Å². The van der Waals surface area contributed by atoms with E-state index in [1.54, 1.807) is 32.0 Å². The van der Waals surface area contributed by atoms with Crippen molar-refractivity contribution in [2.45, 2.75) is 26.6 Å². The molecular weight excluding hydrogens is 376 g/mol. The molecule has 0 saturated carbocycles. The van der Waals surface area contributed by atoms with Gasteiger partial charge in [-0.05, 0) is 37.1 Å². The molecule has 0 atom stereocenters. The second-order valence-corrected chi connectivity index (χ2v) is 5.85. The molecule has 0 spiro atoms. The van der Waals surface area contributed by atoms with Gasteiger partial charge >= 0.3 is 12.2 Å². The minimum atomic E-state index is -0.877. The topological polar surface area (TPSA) is 95.1 Å². The maximum absolute atomic E-state index is 11.9. The lowest BCUT2D eigenvalue weighted by atomic mass is 10.1. The van der Waals surface area contributed by atoms with Crippen LogP contribution < -0.4 is 20.1 Å². The lowest BCUT2D eigenvalue weighted by molar-refractivity contribution is 0.135. The van der Waals surface area contributed by atoms with Gasteiger partial charge in [0.2, 0.25) is 0 Å². The first-order chi connectivity index (χ1) is 14.1. The van der Waals surface area contributed by atoms with Crippen LogP contribution in [0.15, 0.2) is 48.5 Å². The van der Waals surface area contributed by atoms with Crippen LogP contribution in [-0.4, -0.2) is 32.5 Å². The van der Waals surface area contributed by atoms with Gasteiger partial charge in [0, 0.05) is 0 Å². The van der Waals surface area contributed by atoms with E-state index in [4.69, 9.17) is 18.9 Å². The fraction of sp³-hybridized carbons (Fsp3) is 0.333. The van der Waals surface area contributed by atoms with E-state index >= 15 is 0 Å². The Balaban J connectivity index is 2.23. The van der Waals surface area contributed by atoms with Gasteiger partial charge in [-0.15, -0.1) is 0 Å². The highest BCUT2D eigenvalue weighted by Gasteiger charge is 2.20. The maximum atomic E-state index is 11.9. The summed E-state index contributed by atoms with van der Waals surface area (Å²) in [6.45, 7) is 4.12. The average molecular weight is 402 g/mol. The van der Waals surface area contributed by atoms with Gasteiger partial charge in [0.05, 0.1) is 20.3 Å². The highest BCUT2D eigenvalue weighted by molar-refractivity contribution is 5.71. The summed E-state index contributed by atoms with van der Waals surface area (Å²) < 4.78 is 21.1. The first-order valence-electron chi connectivity index (χ1n) is 9.28. The van der Waals surface area contributed by atoms with Crippen LogP contribution in [0.4, 0.5) is 9.59 Å². The molecule has 0 aliphatic heterocycles. The minimum Gasteiger partial charge on any atom is -0.493 e. The lowest BCUT2D eigenvalue weighted by Crippen LogP contribution is -2.41. The second kappa shape index (κ2) is 11.4. The number of methoxy groups -OCH3 is 1. The van der Waals surface area contributed by atoms with Crippen LogP contribution in [0.25, 0.3) is 0 Å². The van der Waals surface area contributed by atoms with Crippen molar-refractivity contribution in [3.8, 4) is 11.5 Å². The Morgan fingerprint density at radius 3 is 2.07 bits per heavy atom. The van der Waals surface area contributed by atoms with Crippen molar-refractivity contribution in [3.05, 3.63) is 59.7 Å². The Morgan fingerprint density at radius 2 is 1.52 bits per heavy atom. The molecule has 2 aromatic carbocycles. The fourth-order valence-corrected chi connectivity index (χ4v) is 2.50. The maximum Gasteiger partial charge on any atom is 0.409 e. The highest BCUT2D eigenvalue weighted by Crippen LogP contribution is 2.30. The molecule has 0 radical (unpaired) electrons. The summed E-state index contributed by atoms with van der Waals surface area (Å²) >= 11 is 0. The standard InChI is InChI=1S/C21H26N2O6/c1-4-27-20(24)22-19(23-21(25)28-5-2)16-11-12-17(26-3)18(13-16)29-14-15-9-7-6-8-10-15/h6-13,19H,4-5,14H2,1-3H3,(H,22,24)(H,23,25).